The van der Waals surface area contributed by atoms with Gasteiger partial charge in [-0.3, -0.25) is 9.59 Å². The lowest BCUT2D eigenvalue weighted by Crippen LogP contribution is -2.35. The first-order chi connectivity index (χ1) is 13.5. The summed E-state index contributed by atoms with van der Waals surface area (Å²) < 4.78 is 18.6. The molecule has 0 radical (unpaired) electrons. The maximum Gasteiger partial charge on any atom is 0.343 e. The molecule has 2 aromatic carbocycles. The van der Waals surface area contributed by atoms with Gasteiger partial charge in [0.1, 0.15) is 5.82 Å². The third-order valence-corrected chi connectivity index (χ3v) is 4.39. The number of anilines is 1. The van der Waals surface area contributed by atoms with Crippen LogP contribution < -0.4 is 4.90 Å². The van der Waals surface area contributed by atoms with Crippen molar-refractivity contribution in [3.8, 4) is 0 Å². The van der Waals surface area contributed by atoms with Gasteiger partial charge in [-0.05, 0) is 50.2 Å². The van der Waals surface area contributed by atoms with Crippen LogP contribution in [-0.4, -0.2) is 35.8 Å². The molecule has 0 aromatic heterocycles. The number of esters is 1. The van der Waals surface area contributed by atoms with Gasteiger partial charge < -0.3 is 9.64 Å². The third kappa shape index (κ3) is 3.51. The number of likely N-dealkylation sites (N-methyl/N-ethyl adjacent to an activating group) is 1. The number of hydrogen-bond acceptors (Lipinski definition) is 5. The average Bonchev–Trinajstić information content (AvgIpc) is 2.95. The van der Waals surface area contributed by atoms with E-state index >= 15 is 0 Å². The summed E-state index contributed by atoms with van der Waals surface area (Å²) in [6.07, 6.45) is 0. The minimum absolute atomic E-state index is 0.0172. The highest BCUT2D eigenvalue weighted by Crippen LogP contribution is 2.30. The monoisotopic (exact) mass is 382 g/mol. The van der Waals surface area contributed by atoms with Crippen molar-refractivity contribution in [3.05, 3.63) is 77.4 Å². The van der Waals surface area contributed by atoms with Crippen LogP contribution >= 0.6 is 0 Å². The number of ether oxygens (including phenoxy) is 1. The Hall–Kier alpha value is -3.48. The van der Waals surface area contributed by atoms with Crippen molar-refractivity contribution >= 4 is 23.5 Å². The Kier molecular flexibility index (Phi) is 5.54. The Balaban J connectivity index is 2.01. The fourth-order valence-electron chi connectivity index (χ4n) is 2.96. The molecule has 6 nitrogen and oxygen atoms in total. The zero-order chi connectivity index (χ0) is 20.3. The van der Waals surface area contributed by atoms with Gasteiger partial charge in [0.05, 0.1) is 11.3 Å². The van der Waals surface area contributed by atoms with Crippen molar-refractivity contribution in [3.63, 3.8) is 0 Å². The molecule has 0 saturated carbocycles. The highest BCUT2D eigenvalue weighted by Gasteiger charge is 2.44. The molecule has 0 aliphatic carbocycles. The standard InChI is InChI=1S/C21H19FN2O4/c1-3-23(4-2)17-18(28-21(27)14-8-6-5-7-9-14)20(26)24(19(17)25)16-12-10-15(22)11-13-16/h5-13H,3-4H2,1-2H3. The predicted molar refractivity (Wildman–Crippen MR) is 101 cm³/mol. The van der Waals surface area contributed by atoms with Crippen molar-refractivity contribution in [2.75, 3.05) is 18.0 Å². The quantitative estimate of drug-likeness (QED) is 0.567. The lowest BCUT2D eigenvalue weighted by atomic mass is 10.2. The van der Waals surface area contributed by atoms with Crippen LogP contribution in [0.1, 0.15) is 24.2 Å². The van der Waals surface area contributed by atoms with E-state index in [1.165, 1.54) is 12.1 Å². The van der Waals surface area contributed by atoms with E-state index in [2.05, 4.69) is 0 Å². The molecule has 1 aliphatic rings. The van der Waals surface area contributed by atoms with E-state index < -0.39 is 23.6 Å². The van der Waals surface area contributed by atoms with Crippen LogP contribution in [0.4, 0.5) is 10.1 Å². The van der Waals surface area contributed by atoms with Crippen molar-refractivity contribution in [1.29, 1.82) is 0 Å². The molecule has 28 heavy (non-hydrogen) atoms. The molecule has 3 rings (SSSR count). The Morgan fingerprint density at radius 3 is 2.14 bits per heavy atom. The molecular weight excluding hydrogens is 363 g/mol. The summed E-state index contributed by atoms with van der Waals surface area (Å²) in [4.78, 5) is 41.0. The lowest BCUT2D eigenvalue weighted by molar-refractivity contribution is -0.122. The Morgan fingerprint density at radius 2 is 1.57 bits per heavy atom. The first-order valence-corrected chi connectivity index (χ1v) is 8.88. The van der Waals surface area contributed by atoms with Crippen LogP contribution in [0.5, 0.6) is 0 Å². The molecule has 0 fully saturated rings. The molecule has 0 unspecified atom stereocenters. The summed E-state index contributed by atoms with van der Waals surface area (Å²) in [6, 6.07) is 13.2. The largest absolute Gasteiger partial charge is 0.414 e. The second-order valence-corrected chi connectivity index (χ2v) is 6.03. The Bertz CT molecular complexity index is 935. The Labute approximate surface area is 161 Å². The number of nitrogens with zero attached hydrogens (tertiary/aromatic N) is 2. The highest BCUT2D eigenvalue weighted by molar-refractivity contribution is 6.32. The lowest BCUT2D eigenvalue weighted by Gasteiger charge is -2.22. The van der Waals surface area contributed by atoms with Crippen LogP contribution in [0.3, 0.4) is 0 Å². The predicted octanol–water partition coefficient (Wildman–Crippen LogP) is 3.11. The number of benzene rings is 2. The zero-order valence-corrected chi connectivity index (χ0v) is 15.5. The second-order valence-electron chi connectivity index (χ2n) is 6.03. The molecule has 2 amide bonds. The third-order valence-electron chi connectivity index (χ3n) is 4.39. The van der Waals surface area contributed by atoms with E-state index in [0.717, 1.165) is 17.0 Å². The maximum absolute atomic E-state index is 13.2. The molecular formula is C21H19FN2O4. The smallest absolute Gasteiger partial charge is 0.343 e. The summed E-state index contributed by atoms with van der Waals surface area (Å²) in [5, 5.41) is 0. The van der Waals surface area contributed by atoms with Crippen LogP contribution in [-0.2, 0) is 14.3 Å². The molecule has 0 atom stereocenters. The first kappa shape index (κ1) is 19.3. The van der Waals surface area contributed by atoms with Crippen LogP contribution in [0.25, 0.3) is 0 Å². The fraction of sp³-hybridized carbons (Fsp3) is 0.190. The van der Waals surface area contributed by atoms with Gasteiger partial charge in [0, 0.05) is 13.1 Å². The van der Waals surface area contributed by atoms with Gasteiger partial charge in [-0.1, -0.05) is 18.2 Å². The molecule has 7 heteroatoms. The molecule has 0 bridgehead atoms. The van der Waals surface area contributed by atoms with E-state index in [1.807, 2.05) is 13.8 Å². The van der Waals surface area contributed by atoms with E-state index in [-0.39, 0.29) is 22.7 Å². The van der Waals surface area contributed by atoms with E-state index in [0.29, 0.717) is 13.1 Å². The molecule has 0 N–H and O–H groups in total. The van der Waals surface area contributed by atoms with E-state index in [1.54, 1.807) is 35.2 Å². The first-order valence-electron chi connectivity index (χ1n) is 8.88. The normalized spacial score (nSPS) is 13.9. The molecule has 0 spiro atoms. The molecule has 2 aromatic rings. The van der Waals surface area contributed by atoms with Gasteiger partial charge in [0.2, 0.25) is 5.76 Å². The SMILES string of the molecule is CCN(CC)C1=C(OC(=O)c2ccccc2)C(=O)N(c2ccc(F)cc2)C1=O. The van der Waals surface area contributed by atoms with Gasteiger partial charge in [-0.15, -0.1) is 0 Å². The van der Waals surface area contributed by atoms with Gasteiger partial charge >= 0.3 is 11.9 Å². The number of imide groups is 1. The molecule has 1 heterocycles. The van der Waals surface area contributed by atoms with Crippen molar-refractivity contribution in [2.24, 2.45) is 0 Å². The number of carbonyl (C=O) groups excluding carboxylic acids is 3. The van der Waals surface area contributed by atoms with Crippen molar-refractivity contribution in [2.45, 2.75) is 13.8 Å². The number of hydrogen-bond donors (Lipinski definition) is 0. The van der Waals surface area contributed by atoms with Crippen LogP contribution in [0.15, 0.2) is 66.1 Å². The minimum Gasteiger partial charge on any atom is -0.414 e. The van der Waals surface area contributed by atoms with E-state index in [4.69, 9.17) is 4.74 Å². The number of carbonyl (C=O) groups is 3. The Morgan fingerprint density at radius 1 is 0.964 bits per heavy atom. The molecule has 0 saturated heterocycles. The summed E-state index contributed by atoms with van der Waals surface area (Å²) >= 11 is 0. The van der Waals surface area contributed by atoms with Gasteiger partial charge in [0.25, 0.3) is 5.91 Å². The number of halogens is 1. The summed E-state index contributed by atoms with van der Waals surface area (Å²) in [5.41, 5.74) is 0.477. The number of rotatable bonds is 6. The maximum atomic E-state index is 13.2. The van der Waals surface area contributed by atoms with Crippen LogP contribution in [0, 0.1) is 5.82 Å². The fourth-order valence-corrected chi connectivity index (χ4v) is 2.96. The van der Waals surface area contributed by atoms with Crippen LogP contribution in [0.2, 0.25) is 0 Å². The van der Waals surface area contributed by atoms with Crippen molar-refractivity contribution < 1.29 is 23.5 Å². The minimum atomic E-state index is -0.761. The summed E-state index contributed by atoms with van der Waals surface area (Å²) in [7, 11) is 0. The highest BCUT2D eigenvalue weighted by atomic mass is 19.1. The average molecular weight is 382 g/mol. The molecule has 1 aliphatic heterocycles. The van der Waals surface area contributed by atoms with Gasteiger partial charge in [-0.2, -0.15) is 0 Å². The van der Waals surface area contributed by atoms with Crippen molar-refractivity contribution in [1.82, 2.24) is 4.90 Å². The zero-order valence-electron chi connectivity index (χ0n) is 15.5. The summed E-state index contributed by atoms with van der Waals surface area (Å²) in [6.45, 7) is 4.53. The topological polar surface area (TPSA) is 66.9 Å². The number of amides is 2. The second kappa shape index (κ2) is 8.04. The van der Waals surface area contributed by atoms with E-state index in [9.17, 15) is 18.8 Å². The van der Waals surface area contributed by atoms with Gasteiger partial charge in [0.15, 0.2) is 5.70 Å². The van der Waals surface area contributed by atoms with Gasteiger partial charge in [-0.25, -0.2) is 14.1 Å². The molecule has 144 valence electrons. The summed E-state index contributed by atoms with van der Waals surface area (Å²) in [5.74, 6) is -2.93.